The van der Waals surface area contributed by atoms with Crippen LogP contribution >= 0.6 is 0 Å². The van der Waals surface area contributed by atoms with Crippen molar-refractivity contribution in [1.82, 2.24) is 10.2 Å². The van der Waals surface area contributed by atoms with Crippen molar-refractivity contribution in [2.24, 2.45) is 23.7 Å². The van der Waals surface area contributed by atoms with Gasteiger partial charge in [0.1, 0.15) is 0 Å². The molecule has 0 aromatic carbocycles. The molecule has 0 spiro atoms. The van der Waals surface area contributed by atoms with Crippen LogP contribution in [0, 0.1) is 23.7 Å². The second-order valence-electron chi connectivity index (χ2n) is 6.83. The minimum absolute atomic E-state index is 0.00488. The number of hydrogen-bond donors (Lipinski definition) is 2. The molecule has 1 saturated heterocycles. The molecule has 0 bridgehead atoms. The molecule has 1 fully saturated rings. The van der Waals surface area contributed by atoms with Gasteiger partial charge in [0.05, 0.1) is 0 Å². The number of amides is 2. The van der Waals surface area contributed by atoms with Crippen molar-refractivity contribution in [2.45, 2.75) is 47.0 Å². The number of carbonyl (C=O) groups excluding carboxylic acids is 1. The molecule has 2 amide bonds. The van der Waals surface area contributed by atoms with E-state index in [2.05, 4.69) is 26.1 Å². The van der Waals surface area contributed by atoms with Crippen LogP contribution in [0.2, 0.25) is 0 Å². The number of hydrogen-bond acceptors (Lipinski definition) is 2. The van der Waals surface area contributed by atoms with Crippen molar-refractivity contribution in [1.29, 1.82) is 0 Å². The molecule has 0 aromatic rings. The summed E-state index contributed by atoms with van der Waals surface area (Å²) in [5.74, 6) is 0.668. The molecule has 1 heterocycles. The van der Waals surface area contributed by atoms with Gasteiger partial charge in [0.15, 0.2) is 0 Å². The average molecular weight is 298 g/mol. The summed E-state index contributed by atoms with van der Waals surface area (Å²) in [5, 5.41) is 11.9. The van der Waals surface area contributed by atoms with Crippen LogP contribution in [0.3, 0.4) is 0 Å². The molecule has 0 aliphatic carbocycles. The summed E-state index contributed by atoms with van der Waals surface area (Å²) in [6, 6.07) is -0.00488. The lowest BCUT2D eigenvalue weighted by Gasteiger charge is -2.35. The Morgan fingerprint density at radius 2 is 1.95 bits per heavy atom. The number of piperidine rings is 1. The zero-order chi connectivity index (χ0) is 16.0. The van der Waals surface area contributed by atoms with Gasteiger partial charge in [-0.05, 0) is 36.5 Å². The quantitative estimate of drug-likeness (QED) is 0.792. The predicted octanol–water partition coefficient (Wildman–Crippen LogP) is 2.81. The molecular formula is C16H30N2O3. The first-order valence-electron chi connectivity index (χ1n) is 8.05. The lowest BCUT2D eigenvalue weighted by molar-refractivity contribution is -0.138. The fraction of sp³-hybridized carbons (Fsp3) is 0.875. The van der Waals surface area contributed by atoms with E-state index in [0.717, 1.165) is 19.4 Å². The third-order valence-electron chi connectivity index (χ3n) is 4.76. The zero-order valence-corrected chi connectivity index (χ0v) is 13.8. The second kappa shape index (κ2) is 8.25. The predicted molar refractivity (Wildman–Crippen MR) is 83.1 cm³/mol. The average Bonchev–Trinajstić information content (AvgIpc) is 2.43. The molecule has 1 aliphatic heterocycles. The number of likely N-dealkylation sites (tertiary alicyclic amines) is 1. The van der Waals surface area contributed by atoms with Crippen LogP contribution in [0.4, 0.5) is 4.79 Å². The fourth-order valence-electron chi connectivity index (χ4n) is 2.70. The standard InChI is InChI=1S/C16H30N2O3/c1-11(2)13(4)9-17-16(21)18-7-5-6-14(10-18)12(3)8-15(19)20/h11-14H,5-10H2,1-4H3,(H,17,21)(H,19,20). The third kappa shape index (κ3) is 5.94. The molecule has 1 rings (SSSR count). The van der Waals surface area contributed by atoms with Crippen molar-refractivity contribution in [3.63, 3.8) is 0 Å². The third-order valence-corrected chi connectivity index (χ3v) is 4.76. The Hall–Kier alpha value is -1.26. The van der Waals surface area contributed by atoms with Gasteiger partial charge < -0.3 is 15.3 Å². The van der Waals surface area contributed by atoms with Crippen LogP contribution in [0.1, 0.15) is 47.0 Å². The van der Waals surface area contributed by atoms with Crippen molar-refractivity contribution < 1.29 is 14.7 Å². The number of nitrogens with zero attached hydrogens (tertiary/aromatic N) is 1. The van der Waals surface area contributed by atoms with Crippen LogP contribution < -0.4 is 5.32 Å². The maximum atomic E-state index is 12.2. The molecule has 0 aromatic heterocycles. The Balaban J connectivity index is 2.44. The molecule has 21 heavy (non-hydrogen) atoms. The van der Waals surface area contributed by atoms with E-state index in [4.69, 9.17) is 5.11 Å². The highest BCUT2D eigenvalue weighted by Gasteiger charge is 2.28. The topological polar surface area (TPSA) is 69.6 Å². The van der Waals surface area contributed by atoms with Crippen molar-refractivity contribution >= 4 is 12.0 Å². The van der Waals surface area contributed by atoms with E-state index in [9.17, 15) is 9.59 Å². The number of carboxylic acids is 1. The Kier molecular flexibility index (Phi) is 6.99. The Morgan fingerprint density at radius 1 is 1.29 bits per heavy atom. The minimum atomic E-state index is -0.755. The first kappa shape index (κ1) is 17.8. The van der Waals surface area contributed by atoms with Crippen molar-refractivity contribution in [2.75, 3.05) is 19.6 Å². The summed E-state index contributed by atoms with van der Waals surface area (Å²) >= 11 is 0. The number of aliphatic carboxylic acids is 1. The molecule has 2 N–H and O–H groups in total. The summed E-state index contributed by atoms with van der Waals surface area (Å²) in [7, 11) is 0. The number of carbonyl (C=O) groups is 2. The number of urea groups is 1. The van der Waals surface area contributed by atoms with Gasteiger partial charge in [-0.3, -0.25) is 4.79 Å². The van der Waals surface area contributed by atoms with E-state index < -0.39 is 5.97 Å². The van der Waals surface area contributed by atoms with Gasteiger partial charge >= 0.3 is 12.0 Å². The maximum Gasteiger partial charge on any atom is 0.317 e. The maximum absolute atomic E-state index is 12.2. The summed E-state index contributed by atoms with van der Waals surface area (Å²) in [6.45, 7) is 10.6. The fourth-order valence-corrected chi connectivity index (χ4v) is 2.70. The van der Waals surface area contributed by atoms with Crippen molar-refractivity contribution in [3.8, 4) is 0 Å². The molecule has 5 nitrogen and oxygen atoms in total. The molecule has 3 atom stereocenters. The lowest BCUT2D eigenvalue weighted by Crippen LogP contribution is -2.47. The summed E-state index contributed by atoms with van der Waals surface area (Å²) in [4.78, 5) is 24.9. The van der Waals surface area contributed by atoms with Gasteiger partial charge in [-0.15, -0.1) is 0 Å². The van der Waals surface area contributed by atoms with Gasteiger partial charge in [-0.1, -0.05) is 27.7 Å². The van der Waals surface area contributed by atoms with E-state index in [0.29, 0.717) is 30.8 Å². The van der Waals surface area contributed by atoms with Crippen LogP contribution in [-0.4, -0.2) is 41.6 Å². The molecular weight excluding hydrogens is 268 g/mol. The van der Waals surface area contributed by atoms with E-state index in [1.54, 1.807) is 0 Å². The van der Waals surface area contributed by atoms with Crippen molar-refractivity contribution in [3.05, 3.63) is 0 Å². The summed E-state index contributed by atoms with van der Waals surface area (Å²) in [5.41, 5.74) is 0. The van der Waals surface area contributed by atoms with E-state index in [-0.39, 0.29) is 18.4 Å². The van der Waals surface area contributed by atoms with Gasteiger partial charge in [-0.2, -0.15) is 0 Å². The first-order valence-corrected chi connectivity index (χ1v) is 8.05. The molecule has 3 unspecified atom stereocenters. The van der Waals surface area contributed by atoms with E-state index >= 15 is 0 Å². The Labute approximate surface area is 128 Å². The highest BCUT2D eigenvalue weighted by molar-refractivity contribution is 5.74. The van der Waals surface area contributed by atoms with Crippen LogP contribution in [0.25, 0.3) is 0 Å². The molecule has 0 saturated carbocycles. The van der Waals surface area contributed by atoms with Crippen LogP contribution in [0.15, 0.2) is 0 Å². The van der Waals surface area contributed by atoms with Crippen LogP contribution in [-0.2, 0) is 4.79 Å². The Bertz CT molecular complexity index is 357. The summed E-state index contributed by atoms with van der Waals surface area (Å²) in [6.07, 6.45) is 2.16. The van der Waals surface area contributed by atoms with Crippen LogP contribution in [0.5, 0.6) is 0 Å². The molecule has 122 valence electrons. The van der Waals surface area contributed by atoms with Gasteiger partial charge in [-0.25, -0.2) is 4.79 Å². The lowest BCUT2D eigenvalue weighted by atomic mass is 9.85. The molecule has 5 heteroatoms. The normalized spacial score (nSPS) is 22.0. The monoisotopic (exact) mass is 298 g/mol. The highest BCUT2D eigenvalue weighted by Crippen LogP contribution is 2.26. The molecule has 0 radical (unpaired) electrons. The highest BCUT2D eigenvalue weighted by atomic mass is 16.4. The minimum Gasteiger partial charge on any atom is -0.481 e. The largest absolute Gasteiger partial charge is 0.481 e. The number of carboxylic acid groups (broad SMARTS) is 1. The van der Waals surface area contributed by atoms with Gasteiger partial charge in [0.2, 0.25) is 0 Å². The first-order chi connectivity index (χ1) is 9.81. The molecule has 1 aliphatic rings. The SMILES string of the molecule is CC(C)C(C)CNC(=O)N1CCCC(C(C)CC(=O)O)C1. The smallest absolute Gasteiger partial charge is 0.317 e. The number of nitrogens with one attached hydrogen (secondary N) is 1. The van der Waals surface area contributed by atoms with E-state index in [1.807, 2.05) is 11.8 Å². The van der Waals surface area contributed by atoms with E-state index in [1.165, 1.54) is 0 Å². The zero-order valence-electron chi connectivity index (χ0n) is 13.8. The van der Waals surface area contributed by atoms with Gasteiger partial charge in [0.25, 0.3) is 0 Å². The van der Waals surface area contributed by atoms with Gasteiger partial charge in [0, 0.05) is 26.1 Å². The summed E-state index contributed by atoms with van der Waals surface area (Å²) < 4.78 is 0. The number of rotatable bonds is 6. The second-order valence-corrected chi connectivity index (χ2v) is 6.83. The Morgan fingerprint density at radius 3 is 2.52 bits per heavy atom.